The number of ether oxygens (including phenoxy) is 1. The Morgan fingerprint density at radius 3 is 2.85 bits per heavy atom. The number of hydrogen-bond donors (Lipinski definition) is 1. The van der Waals surface area contributed by atoms with Gasteiger partial charge in [0.05, 0.1) is 12.2 Å². The van der Waals surface area contributed by atoms with E-state index >= 15 is 0 Å². The molecule has 0 atom stereocenters. The summed E-state index contributed by atoms with van der Waals surface area (Å²) in [5, 5.41) is 4.50. The zero-order chi connectivity index (χ0) is 14.5. The average molecular weight is 291 g/mol. The fourth-order valence-corrected chi connectivity index (χ4v) is 2.08. The van der Waals surface area contributed by atoms with Crippen molar-refractivity contribution in [1.82, 2.24) is 9.97 Å². The SMILES string of the molecule is CCOC(=O)c1csc(NC(=O)c2ccc(C)nc2)n1. The first-order valence-corrected chi connectivity index (χ1v) is 6.84. The van der Waals surface area contributed by atoms with Crippen molar-refractivity contribution in [2.45, 2.75) is 13.8 Å². The molecule has 104 valence electrons. The van der Waals surface area contributed by atoms with Crippen LogP contribution in [0, 0.1) is 6.92 Å². The van der Waals surface area contributed by atoms with Crippen LogP contribution in [0.4, 0.5) is 5.13 Å². The molecule has 1 N–H and O–H groups in total. The van der Waals surface area contributed by atoms with Gasteiger partial charge in [0.1, 0.15) is 0 Å². The Morgan fingerprint density at radius 1 is 1.40 bits per heavy atom. The fraction of sp³-hybridized carbons (Fsp3) is 0.231. The van der Waals surface area contributed by atoms with Gasteiger partial charge in [-0.3, -0.25) is 15.1 Å². The zero-order valence-corrected chi connectivity index (χ0v) is 11.9. The third-order valence-corrected chi connectivity index (χ3v) is 3.14. The number of esters is 1. The summed E-state index contributed by atoms with van der Waals surface area (Å²) >= 11 is 1.17. The number of aryl methyl sites for hydroxylation is 1. The van der Waals surface area contributed by atoms with Crippen LogP contribution in [0.1, 0.15) is 33.5 Å². The number of anilines is 1. The average Bonchev–Trinajstić information content (AvgIpc) is 2.88. The number of carbonyl (C=O) groups excluding carboxylic acids is 2. The van der Waals surface area contributed by atoms with Gasteiger partial charge in [-0.1, -0.05) is 0 Å². The summed E-state index contributed by atoms with van der Waals surface area (Å²) in [6, 6.07) is 3.43. The van der Waals surface area contributed by atoms with Crippen LogP contribution < -0.4 is 5.32 Å². The molecule has 0 bridgehead atoms. The maximum Gasteiger partial charge on any atom is 0.357 e. The summed E-state index contributed by atoms with van der Waals surface area (Å²) in [4.78, 5) is 31.4. The van der Waals surface area contributed by atoms with E-state index < -0.39 is 5.97 Å². The summed E-state index contributed by atoms with van der Waals surface area (Å²) in [5.41, 5.74) is 1.46. The second-order valence-electron chi connectivity index (χ2n) is 3.90. The summed E-state index contributed by atoms with van der Waals surface area (Å²) in [6.07, 6.45) is 1.49. The zero-order valence-electron chi connectivity index (χ0n) is 11.0. The molecule has 1 amide bonds. The Hall–Kier alpha value is -2.28. The van der Waals surface area contributed by atoms with Gasteiger partial charge in [0.25, 0.3) is 5.91 Å². The number of pyridine rings is 1. The van der Waals surface area contributed by atoms with Crippen LogP contribution in [-0.2, 0) is 4.74 Å². The highest BCUT2D eigenvalue weighted by atomic mass is 32.1. The van der Waals surface area contributed by atoms with Gasteiger partial charge >= 0.3 is 5.97 Å². The molecular formula is C13H13N3O3S. The molecule has 6 nitrogen and oxygen atoms in total. The molecule has 0 spiro atoms. The van der Waals surface area contributed by atoms with Crippen molar-refractivity contribution in [3.8, 4) is 0 Å². The standard InChI is InChI=1S/C13H13N3O3S/c1-3-19-12(18)10-7-20-13(15-10)16-11(17)9-5-4-8(2)14-6-9/h4-7H,3H2,1-2H3,(H,15,16,17). The molecule has 7 heteroatoms. The molecule has 0 aromatic carbocycles. The summed E-state index contributed by atoms with van der Waals surface area (Å²) in [5.74, 6) is -0.816. The molecule has 0 aliphatic carbocycles. The van der Waals surface area contributed by atoms with Gasteiger partial charge in [-0.15, -0.1) is 11.3 Å². The van der Waals surface area contributed by atoms with E-state index in [1.807, 2.05) is 6.92 Å². The number of rotatable bonds is 4. The van der Waals surface area contributed by atoms with Crippen LogP contribution in [-0.4, -0.2) is 28.5 Å². The molecule has 2 heterocycles. The van der Waals surface area contributed by atoms with E-state index in [9.17, 15) is 9.59 Å². The normalized spacial score (nSPS) is 10.1. The molecular weight excluding hydrogens is 278 g/mol. The van der Waals surface area contributed by atoms with Crippen molar-refractivity contribution < 1.29 is 14.3 Å². The van der Waals surface area contributed by atoms with Gasteiger partial charge in [0.2, 0.25) is 0 Å². The fourth-order valence-electron chi connectivity index (χ4n) is 1.40. The predicted octanol–water partition coefficient (Wildman–Crippen LogP) is 2.28. The van der Waals surface area contributed by atoms with Crippen LogP contribution in [0.5, 0.6) is 0 Å². The van der Waals surface area contributed by atoms with E-state index in [0.29, 0.717) is 10.7 Å². The summed E-state index contributed by atoms with van der Waals surface area (Å²) < 4.78 is 4.83. The van der Waals surface area contributed by atoms with Crippen LogP contribution in [0.3, 0.4) is 0 Å². The van der Waals surface area contributed by atoms with E-state index in [1.165, 1.54) is 17.5 Å². The Bertz CT molecular complexity index is 622. The first-order valence-electron chi connectivity index (χ1n) is 5.97. The lowest BCUT2D eigenvalue weighted by molar-refractivity contribution is 0.0520. The molecule has 0 aliphatic rings. The topological polar surface area (TPSA) is 81.2 Å². The Labute approximate surface area is 119 Å². The van der Waals surface area contributed by atoms with Crippen LogP contribution >= 0.6 is 11.3 Å². The number of nitrogens with one attached hydrogen (secondary N) is 1. The molecule has 0 fully saturated rings. The Morgan fingerprint density at radius 2 is 2.20 bits per heavy atom. The van der Waals surface area contributed by atoms with E-state index in [2.05, 4.69) is 15.3 Å². The first kappa shape index (κ1) is 14.1. The quantitative estimate of drug-likeness (QED) is 0.874. The van der Waals surface area contributed by atoms with Crippen molar-refractivity contribution >= 4 is 28.3 Å². The number of nitrogens with zero attached hydrogens (tertiary/aromatic N) is 2. The monoisotopic (exact) mass is 291 g/mol. The van der Waals surface area contributed by atoms with E-state index in [4.69, 9.17) is 4.74 Å². The number of thiazole rings is 1. The number of aromatic nitrogens is 2. The van der Waals surface area contributed by atoms with Gasteiger partial charge in [-0.25, -0.2) is 9.78 Å². The third kappa shape index (κ3) is 3.39. The molecule has 0 saturated carbocycles. The lowest BCUT2D eigenvalue weighted by Gasteiger charge is -2.01. The van der Waals surface area contributed by atoms with Crippen LogP contribution in [0.15, 0.2) is 23.7 Å². The van der Waals surface area contributed by atoms with Gasteiger partial charge in [0, 0.05) is 17.3 Å². The highest BCUT2D eigenvalue weighted by molar-refractivity contribution is 7.14. The Balaban J connectivity index is 2.05. The lowest BCUT2D eigenvalue weighted by atomic mass is 10.2. The minimum atomic E-state index is -0.499. The van der Waals surface area contributed by atoms with Gasteiger partial charge < -0.3 is 4.74 Å². The third-order valence-electron chi connectivity index (χ3n) is 2.38. The largest absolute Gasteiger partial charge is 0.461 e. The summed E-state index contributed by atoms with van der Waals surface area (Å²) in [7, 11) is 0. The van der Waals surface area contributed by atoms with Crippen molar-refractivity contribution in [2.75, 3.05) is 11.9 Å². The van der Waals surface area contributed by atoms with Crippen molar-refractivity contribution in [3.63, 3.8) is 0 Å². The highest BCUT2D eigenvalue weighted by Gasteiger charge is 2.14. The molecule has 20 heavy (non-hydrogen) atoms. The van der Waals surface area contributed by atoms with Crippen molar-refractivity contribution in [1.29, 1.82) is 0 Å². The molecule has 2 aromatic rings. The van der Waals surface area contributed by atoms with Crippen LogP contribution in [0.2, 0.25) is 0 Å². The maximum absolute atomic E-state index is 11.9. The summed E-state index contributed by atoms with van der Waals surface area (Å²) in [6.45, 7) is 3.85. The lowest BCUT2D eigenvalue weighted by Crippen LogP contribution is -2.12. The number of amides is 1. The van der Waals surface area contributed by atoms with Gasteiger partial charge in [-0.2, -0.15) is 0 Å². The first-order chi connectivity index (χ1) is 9.60. The second-order valence-corrected chi connectivity index (χ2v) is 4.76. The highest BCUT2D eigenvalue weighted by Crippen LogP contribution is 2.17. The smallest absolute Gasteiger partial charge is 0.357 e. The van der Waals surface area contributed by atoms with Gasteiger partial charge in [-0.05, 0) is 26.0 Å². The Kier molecular flexibility index (Phi) is 4.41. The molecule has 0 saturated heterocycles. The second kappa shape index (κ2) is 6.25. The molecule has 0 radical (unpaired) electrons. The van der Waals surface area contributed by atoms with Crippen molar-refractivity contribution in [3.05, 3.63) is 40.7 Å². The van der Waals surface area contributed by atoms with E-state index in [0.717, 1.165) is 5.69 Å². The number of hydrogen-bond acceptors (Lipinski definition) is 6. The predicted molar refractivity (Wildman–Crippen MR) is 75.0 cm³/mol. The number of carbonyl (C=O) groups is 2. The van der Waals surface area contributed by atoms with Crippen LogP contribution in [0.25, 0.3) is 0 Å². The molecule has 0 aliphatic heterocycles. The van der Waals surface area contributed by atoms with E-state index in [1.54, 1.807) is 24.4 Å². The molecule has 2 rings (SSSR count). The molecule has 0 unspecified atom stereocenters. The minimum absolute atomic E-state index is 0.189. The van der Waals surface area contributed by atoms with Crippen molar-refractivity contribution in [2.24, 2.45) is 0 Å². The minimum Gasteiger partial charge on any atom is -0.461 e. The maximum atomic E-state index is 11.9. The molecule has 2 aromatic heterocycles. The van der Waals surface area contributed by atoms with E-state index in [-0.39, 0.29) is 18.2 Å². The van der Waals surface area contributed by atoms with Gasteiger partial charge in [0.15, 0.2) is 10.8 Å².